The van der Waals surface area contributed by atoms with Crippen LogP contribution in [-0.2, 0) is 0 Å². The van der Waals surface area contributed by atoms with Crippen LogP contribution in [0.1, 0.15) is 0 Å². The van der Waals surface area contributed by atoms with Crippen LogP contribution in [0.15, 0.2) is 6.20 Å². The van der Waals surface area contributed by atoms with Crippen molar-refractivity contribution in [3.63, 3.8) is 0 Å². The van der Waals surface area contributed by atoms with Crippen molar-refractivity contribution in [1.82, 2.24) is 20.2 Å². The summed E-state index contributed by atoms with van der Waals surface area (Å²) >= 11 is 0. The minimum absolute atomic E-state index is 0.00794. The van der Waals surface area contributed by atoms with E-state index in [1.807, 2.05) is 0 Å². The normalized spacial score (nSPS) is 11.8. The summed E-state index contributed by atoms with van der Waals surface area (Å²) in [5.74, 6) is 5.10. The second kappa shape index (κ2) is 4.05. The van der Waals surface area contributed by atoms with Gasteiger partial charge in [0.2, 0.25) is 5.95 Å². The molecule has 5 N–H and O–H groups in total. The summed E-state index contributed by atoms with van der Waals surface area (Å²) in [6.45, 7) is -1.20. The molecule has 2 rings (SSSR count). The molecule has 2 heterocycles. The van der Waals surface area contributed by atoms with E-state index in [4.69, 9.17) is 5.84 Å². The number of rotatable bonds is 3. The van der Waals surface area contributed by atoms with Crippen molar-refractivity contribution in [2.45, 2.75) is 6.18 Å². The minimum Gasteiger partial charge on any atom is -0.360 e. The number of hydrazine groups is 1. The second-order valence-corrected chi connectivity index (χ2v) is 3.14. The van der Waals surface area contributed by atoms with E-state index in [0.29, 0.717) is 5.39 Å². The van der Waals surface area contributed by atoms with Gasteiger partial charge in [0.15, 0.2) is 5.65 Å². The highest BCUT2D eigenvalue weighted by Crippen LogP contribution is 2.22. The zero-order chi connectivity index (χ0) is 12.5. The summed E-state index contributed by atoms with van der Waals surface area (Å²) in [6, 6.07) is 0. The van der Waals surface area contributed by atoms with Crippen molar-refractivity contribution in [3.05, 3.63) is 6.20 Å². The molecule has 0 amide bonds. The van der Waals surface area contributed by atoms with Crippen molar-refractivity contribution in [2.75, 3.05) is 17.3 Å². The molecule has 0 saturated carbocycles. The average Bonchev–Trinajstić information content (AvgIpc) is 2.72. The zero-order valence-corrected chi connectivity index (χ0v) is 8.34. The highest BCUT2D eigenvalue weighted by atomic mass is 19.4. The Hall–Kier alpha value is -2.10. The van der Waals surface area contributed by atoms with Crippen molar-refractivity contribution in [2.24, 2.45) is 5.84 Å². The maximum absolute atomic E-state index is 12.1. The van der Waals surface area contributed by atoms with Crippen LogP contribution < -0.4 is 16.6 Å². The molecule has 0 spiro atoms. The summed E-state index contributed by atoms with van der Waals surface area (Å²) in [4.78, 5) is 7.65. The van der Waals surface area contributed by atoms with Gasteiger partial charge < -0.3 is 5.32 Å². The number of hydrogen-bond acceptors (Lipinski definition) is 6. The lowest BCUT2D eigenvalue weighted by Crippen LogP contribution is -2.22. The van der Waals surface area contributed by atoms with Crippen LogP contribution in [0, 0.1) is 0 Å². The van der Waals surface area contributed by atoms with E-state index in [1.54, 1.807) is 0 Å². The van der Waals surface area contributed by atoms with E-state index in [1.165, 1.54) is 6.20 Å². The summed E-state index contributed by atoms with van der Waals surface area (Å²) in [6.07, 6.45) is -3.01. The molecule has 92 valence electrons. The number of aromatic nitrogens is 4. The molecule has 2 aromatic heterocycles. The number of hydrogen-bond donors (Lipinski definition) is 4. The predicted octanol–water partition coefficient (Wildman–Crippen LogP) is 0.613. The molecule has 0 radical (unpaired) electrons. The molecule has 0 aliphatic rings. The maximum Gasteiger partial charge on any atom is 0.405 e. The van der Waals surface area contributed by atoms with Crippen LogP contribution in [-0.4, -0.2) is 32.9 Å². The molecule has 17 heavy (non-hydrogen) atoms. The Kier molecular flexibility index (Phi) is 2.71. The number of nitrogens with one attached hydrogen (secondary N) is 3. The van der Waals surface area contributed by atoms with Crippen LogP contribution in [0.4, 0.5) is 24.9 Å². The highest BCUT2D eigenvalue weighted by Gasteiger charge is 2.27. The molecule has 0 bridgehead atoms. The maximum atomic E-state index is 12.1. The Bertz CT molecular complexity index is 520. The summed E-state index contributed by atoms with van der Waals surface area (Å²) in [7, 11) is 0. The van der Waals surface area contributed by atoms with Crippen LogP contribution >= 0.6 is 0 Å². The Morgan fingerprint density at radius 3 is 2.76 bits per heavy atom. The van der Waals surface area contributed by atoms with Crippen LogP contribution in [0.25, 0.3) is 11.0 Å². The minimum atomic E-state index is -4.34. The first-order valence-electron chi connectivity index (χ1n) is 4.48. The molecule has 0 aromatic carbocycles. The van der Waals surface area contributed by atoms with Gasteiger partial charge in [-0.3, -0.25) is 10.5 Å². The monoisotopic (exact) mass is 247 g/mol. The van der Waals surface area contributed by atoms with Gasteiger partial charge in [0.25, 0.3) is 0 Å². The number of fused-ring (bicyclic) bond motifs is 1. The third-order valence-electron chi connectivity index (χ3n) is 1.90. The summed E-state index contributed by atoms with van der Waals surface area (Å²) in [5.41, 5.74) is 2.44. The second-order valence-electron chi connectivity index (χ2n) is 3.14. The third-order valence-corrected chi connectivity index (χ3v) is 1.90. The molecule has 2 aromatic rings. The van der Waals surface area contributed by atoms with E-state index in [0.717, 1.165) is 0 Å². The lowest BCUT2D eigenvalue weighted by atomic mass is 10.4. The first-order chi connectivity index (χ1) is 7.99. The Morgan fingerprint density at radius 2 is 2.12 bits per heavy atom. The summed E-state index contributed by atoms with van der Waals surface area (Å²) < 4.78 is 36.2. The number of H-pyrrole nitrogens is 1. The smallest absolute Gasteiger partial charge is 0.360 e. The van der Waals surface area contributed by atoms with Gasteiger partial charge in [-0.15, -0.1) is 0 Å². The number of anilines is 2. The van der Waals surface area contributed by atoms with Crippen LogP contribution in [0.5, 0.6) is 0 Å². The topological polar surface area (TPSA) is 105 Å². The molecule has 0 aliphatic heterocycles. The number of nitrogens with two attached hydrogens (primary N) is 1. The van der Waals surface area contributed by atoms with Gasteiger partial charge in [-0.2, -0.15) is 28.2 Å². The van der Waals surface area contributed by atoms with Gasteiger partial charge in [0.05, 0.1) is 11.6 Å². The molecule has 0 aliphatic carbocycles. The van der Waals surface area contributed by atoms with Gasteiger partial charge in [0.1, 0.15) is 12.4 Å². The predicted molar refractivity (Wildman–Crippen MR) is 54.0 cm³/mol. The number of nitrogen functional groups attached to an aromatic ring is 1. The van der Waals surface area contributed by atoms with Crippen molar-refractivity contribution in [1.29, 1.82) is 0 Å². The number of aromatic amines is 1. The summed E-state index contributed by atoms with van der Waals surface area (Å²) in [5, 5.41) is 8.69. The molecule has 0 unspecified atom stereocenters. The van der Waals surface area contributed by atoms with E-state index >= 15 is 0 Å². The van der Waals surface area contributed by atoms with Crippen molar-refractivity contribution < 1.29 is 13.2 Å². The Morgan fingerprint density at radius 1 is 1.35 bits per heavy atom. The largest absolute Gasteiger partial charge is 0.405 e. The number of halogens is 3. The number of alkyl halides is 3. The fourth-order valence-electron chi connectivity index (χ4n) is 1.22. The molecule has 7 nitrogen and oxygen atoms in total. The molecule has 10 heteroatoms. The van der Waals surface area contributed by atoms with Gasteiger partial charge >= 0.3 is 6.18 Å². The first-order valence-corrected chi connectivity index (χ1v) is 4.48. The molecule has 0 fully saturated rings. The van der Waals surface area contributed by atoms with Gasteiger partial charge in [-0.25, -0.2) is 5.84 Å². The van der Waals surface area contributed by atoms with Crippen LogP contribution in [0.2, 0.25) is 0 Å². The fraction of sp³-hybridized carbons (Fsp3) is 0.286. The first kappa shape index (κ1) is 11.4. The van der Waals surface area contributed by atoms with E-state index in [-0.39, 0.29) is 17.4 Å². The van der Waals surface area contributed by atoms with Crippen LogP contribution in [0.3, 0.4) is 0 Å². The lowest BCUT2D eigenvalue weighted by molar-refractivity contribution is -0.115. The van der Waals surface area contributed by atoms with E-state index < -0.39 is 12.7 Å². The Labute approximate surface area is 92.6 Å². The molecule has 0 atom stereocenters. The van der Waals surface area contributed by atoms with Gasteiger partial charge in [0, 0.05) is 0 Å². The van der Waals surface area contributed by atoms with Gasteiger partial charge in [-0.1, -0.05) is 0 Å². The molecular formula is C7H8F3N7. The fourth-order valence-corrected chi connectivity index (χ4v) is 1.22. The highest BCUT2D eigenvalue weighted by molar-refractivity contribution is 5.86. The SMILES string of the molecule is NNc1nc(NCC(F)(F)F)c2cn[nH]c2n1. The van der Waals surface area contributed by atoms with Crippen molar-refractivity contribution in [3.8, 4) is 0 Å². The third kappa shape index (κ3) is 2.53. The van der Waals surface area contributed by atoms with E-state index in [9.17, 15) is 13.2 Å². The average molecular weight is 247 g/mol. The Balaban J connectivity index is 2.34. The zero-order valence-electron chi connectivity index (χ0n) is 8.34. The molecule has 0 saturated heterocycles. The molecular weight excluding hydrogens is 239 g/mol. The van der Waals surface area contributed by atoms with Gasteiger partial charge in [-0.05, 0) is 0 Å². The lowest BCUT2D eigenvalue weighted by Gasteiger charge is -2.10. The van der Waals surface area contributed by atoms with E-state index in [2.05, 4.69) is 30.9 Å². The van der Waals surface area contributed by atoms with Crippen molar-refractivity contribution >= 4 is 22.8 Å². The number of nitrogens with zero attached hydrogens (tertiary/aromatic N) is 3. The quantitative estimate of drug-likeness (QED) is 0.468. The standard InChI is InChI=1S/C7H8F3N7/c8-7(9,10)2-12-4-3-1-13-17-5(3)15-6(14-4)16-11/h1H,2,11H2,(H3,12,13,14,15,16,17).